The van der Waals surface area contributed by atoms with Crippen molar-refractivity contribution in [2.75, 3.05) is 43.5 Å². The Morgan fingerprint density at radius 2 is 1.59 bits per heavy atom. The summed E-state index contributed by atoms with van der Waals surface area (Å²) >= 11 is 13.1. The van der Waals surface area contributed by atoms with Crippen molar-refractivity contribution in [1.29, 1.82) is 0 Å². The second kappa shape index (κ2) is 13.6. The fourth-order valence-electron chi connectivity index (χ4n) is 3.66. The van der Waals surface area contributed by atoms with Gasteiger partial charge in [0, 0.05) is 25.2 Å². The van der Waals surface area contributed by atoms with E-state index >= 15 is 0 Å². The van der Waals surface area contributed by atoms with E-state index < -0.39 is 34.3 Å². The van der Waals surface area contributed by atoms with E-state index in [1.165, 1.54) is 45.5 Å². The Balaban J connectivity index is 2.07. The van der Waals surface area contributed by atoms with E-state index in [4.69, 9.17) is 37.4 Å². The van der Waals surface area contributed by atoms with Gasteiger partial charge in [-0.2, -0.15) is 4.90 Å². The van der Waals surface area contributed by atoms with Gasteiger partial charge in [0.15, 0.2) is 0 Å². The number of hydrogen-bond acceptors (Lipinski definition) is 12. The molecule has 3 aromatic rings. The zero-order chi connectivity index (χ0) is 32.9. The maximum atomic E-state index is 14.0. The highest BCUT2D eigenvalue weighted by Gasteiger charge is 2.37. The number of amides is 3. The van der Waals surface area contributed by atoms with Crippen molar-refractivity contribution in [2.45, 2.75) is 26.4 Å². The van der Waals surface area contributed by atoms with Crippen LogP contribution in [0, 0.1) is 10.1 Å². The van der Waals surface area contributed by atoms with Crippen LogP contribution in [0.15, 0.2) is 36.7 Å². The predicted octanol–water partition coefficient (Wildman–Crippen LogP) is 6.24. The summed E-state index contributed by atoms with van der Waals surface area (Å²) in [5, 5.41) is 14.1. The third kappa shape index (κ3) is 7.36. The van der Waals surface area contributed by atoms with Crippen LogP contribution >= 0.6 is 23.2 Å². The predicted molar refractivity (Wildman–Crippen MR) is 162 cm³/mol. The number of rotatable bonds is 8. The first-order chi connectivity index (χ1) is 20.6. The summed E-state index contributed by atoms with van der Waals surface area (Å²) in [6.45, 7) is 4.81. The number of anilines is 4. The van der Waals surface area contributed by atoms with Gasteiger partial charge in [-0.3, -0.25) is 15.0 Å². The molecule has 0 bridgehead atoms. The molecule has 0 saturated heterocycles. The average Bonchev–Trinajstić information content (AvgIpc) is 2.97. The van der Waals surface area contributed by atoms with E-state index in [2.05, 4.69) is 20.0 Å². The average molecular weight is 651 g/mol. The van der Waals surface area contributed by atoms with Crippen molar-refractivity contribution < 1.29 is 38.3 Å². The summed E-state index contributed by atoms with van der Waals surface area (Å²) in [7, 11) is 5.11. The van der Waals surface area contributed by atoms with Crippen LogP contribution < -0.4 is 24.6 Å². The summed E-state index contributed by atoms with van der Waals surface area (Å²) in [6, 6.07) is 5.34. The highest BCUT2D eigenvalue weighted by atomic mass is 35.5. The molecule has 0 aliphatic carbocycles. The number of urea groups is 1. The fraction of sp³-hybridized carbons (Fsp3) is 0.296. The van der Waals surface area contributed by atoms with Crippen molar-refractivity contribution in [1.82, 2.24) is 9.97 Å². The number of carbonyl (C=O) groups is 3. The Morgan fingerprint density at radius 1 is 0.977 bits per heavy atom. The molecule has 1 N–H and O–H groups in total. The number of nitrogens with zero attached hydrogens (tertiary/aromatic N) is 5. The quantitative estimate of drug-likeness (QED) is 0.165. The van der Waals surface area contributed by atoms with Gasteiger partial charge in [-0.15, -0.1) is 0 Å². The van der Waals surface area contributed by atoms with Gasteiger partial charge in [0.1, 0.15) is 56.5 Å². The lowest BCUT2D eigenvalue weighted by molar-refractivity contribution is -0.383. The molecule has 17 heteroatoms. The third-order valence-electron chi connectivity index (χ3n) is 5.70. The number of nitrogens with one attached hydrogen (secondary N) is 1. The van der Waals surface area contributed by atoms with Crippen LogP contribution in [0.3, 0.4) is 0 Å². The number of halogens is 2. The lowest BCUT2D eigenvalue weighted by Gasteiger charge is -2.30. The van der Waals surface area contributed by atoms with Crippen LogP contribution in [0.2, 0.25) is 10.0 Å². The summed E-state index contributed by atoms with van der Waals surface area (Å²) in [5.41, 5.74) is -1.79. The molecular formula is C27H28Cl2N6O9. The first-order valence-corrected chi connectivity index (χ1v) is 13.3. The molecule has 0 aliphatic rings. The second-order valence-corrected chi connectivity index (χ2v) is 10.5. The molecule has 15 nitrogen and oxygen atoms in total. The molecule has 1 aromatic heterocycles. The van der Waals surface area contributed by atoms with E-state index in [0.29, 0.717) is 4.90 Å². The molecule has 2 aromatic carbocycles. The van der Waals surface area contributed by atoms with Gasteiger partial charge in [0.05, 0.1) is 31.8 Å². The number of methoxy groups -OCH3 is 3. The maximum absolute atomic E-state index is 14.0. The summed E-state index contributed by atoms with van der Waals surface area (Å²) < 4.78 is 20.7. The van der Waals surface area contributed by atoms with Gasteiger partial charge in [-0.05, 0) is 32.9 Å². The van der Waals surface area contributed by atoms with E-state index in [1.807, 2.05) is 0 Å². The van der Waals surface area contributed by atoms with Crippen LogP contribution in [0.4, 0.5) is 38.3 Å². The molecule has 0 unspecified atom stereocenters. The van der Waals surface area contributed by atoms with Crippen LogP contribution in [-0.4, -0.2) is 67.0 Å². The number of imide groups is 1. The highest BCUT2D eigenvalue weighted by Crippen LogP contribution is 2.47. The zero-order valence-electron chi connectivity index (χ0n) is 24.6. The highest BCUT2D eigenvalue weighted by molar-refractivity contribution is 6.43. The zero-order valence-corrected chi connectivity index (χ0v) is 26.1. The molecule has 0 radical (unpaired) electrons. The lowest BCUT2D eigenvalue weighted by Crippen LogP contribution is -2.47. The normalized spacial score (nSPS) is 10.8. The van der Waals surface area contributed by atoms with Crippen molar-refractivity contribution in [3.05, 3.63) is 62.4 Å². The Hall–Kier alpha value is -4.89. The van der Waals surface area contributed by atoms with Gasteiger partial charge in [-0.1, -0.05) is 23.2 Å². The van der Waals surface area contributed by atoms with E-state index in [1.54, 1.807) is 20.8 Å². The minimum atomic E-state index is -1.12. The standard InChI is InChI=1S/C27H28Cl2N6O9/c1-27(2,3)44-26(38)34(23-21(28)17(41-5)11-18(42-6)22(23)29)25(37)33(4)20-12-19(30-13-31-20)32-15-9-8-14(24(36)43-7)10-16(15)35(39)40/h8-13H,1-7H3,(H,30,31,32). The molecule has 0 saturated carbocycles. The van der Waals surface area contributed by atoms with Gasteiger partial charge in [-0.25, -0.2) is 24.4 Å². The van der Waals surface area contributed by atoms with Gasteiger partial charge in [0.25, 0.3) is 5.69 Å². The fourth-order valence-corrected chi connectivity index (χ4v) is 4.33. The first kappa shape index (κ1) is 33.6. The second-order valence-electron chi connectivity index (χ2n) is 9.78. The van der Waals surface area contributed by atoms with Gasteiger partial charge in [0.2, 0.25) is 0 Å². The largest absolute Gasteiger partial charge is 0.495 e. The molecule has 0 aliphatic heterocycles. The summed E-state index contributed by atoms with van der Waals surface area (Å²) in [4.78, 5) is 60.0. The van der Waals surface area contributed by atoms with E-state index in [-0.39, 0.29) is 50.1 Å². The number of esters is 1. The monoisotopic (exact) mass is 650 g/mol. The molecule has 1 heterocycles. The van der Waals surface area contributed by atoms with Crippen molar-refractivity contribution in [3.8, 4) is 11.5 Å². The number of carbonyl (C=O) groups excluding carboxylic acids is 3. The number of benzene rings is 2. The van der Waals surface area contributed by atoms with E-state index in [9.17, 15) is 24.5 Å². The maximum Gasteiger partial charge on any atom is 0.423 e. The summed E-state index contributed by atoms with van der Waals surface area (Å²) in [6.07, 6.45) is -0.0372. The van der Waals surface area contributed by atoms with E-state index in [0.717, 1.165) is 24.4 Å². The Bertz CT molecular complexity index is 1590. The van der Waals surface area contributed by atoms with Gasteiger partial charge < -0.3 is 24.3 Å². The SMILES string of the molecule is COC(=O)c1ccc(Nc2cc(N(C)C(=O)N(C(=O)OC(C)(C)C)c3c(Cl)c(OC)cc(OC)c3Cl)ncn2)c([N+](=O)[O-])c1. The smallest absolute Gasteiger partial charge is 0.423 e. The lowest BCUT2D eigenvalue weighted by atomic mass is 10.1. The molecule has 234 valence electrons. The Morgan fingerprint density at radius 3 is 2.11 bits per heavy atom. The number of aromatic nitrogens is 2. The molecule has 0 fully saturated rings. The minimum Gasteiger partial charge on any atom is -0.495 e. The molecular weight excluding hydrogens is 623 g/mol. The number of hydrogen-bond donors (Lipinski definition) is 1. The number of ether oxygens (including phenoxy) is 4. The Labute approximate surface area is 261 Å². The molecule has 3 rings (SSSR count). The molecule has 0 spiro atoms. The molecule has 44 heavy (non-hydrogen) atoms. The number of nitro groups is 1. The van der Waals surface area contributed by atoms with Crippen molar-refractivity contribution >= 4 is 70.0 Å². The van der Waals surface area contributed by atoms with Crippen molar-refractivity contribution in [3.63, 3.8) is 0 Å². The van der Waals surface area contributed by atoms with Gasteiger partial charge >= 0.3 is 18.1 Å². The Kier molecular flexibility index (Phi) is 10.4. The number of nitro benzene ring substituents is 1. The van der Waals surface area contributed by atoms with Crippen LogP contribution in [0.25, 0.3) is 0 Å². The first-order valence-electron chi connectivity index (χ1n) is 12.5. The van der Waals surface area contributed by atoms with Crippen LogP contribution in [0.5, 0.6) is 11.5 Å². The summed E-state index contributed by atoms with van der Waals surface area (Å²) in [5.74, 6) is -0.656. The minimum absolute atomic E-state index is 0.0151. The van der Waals surface area contributed by atoms with Crippen LogP contribution in [0.1, 0.15) is 31.1 Å². The van der Waals surface area contributed by atoms with Crippen molar-refractivity contribution in [2.24, 2.45) is 0 Å². The topological polar surface area (TPSA) is 176 Å². The third-order valence-corrected chi connectivity index (χ3v) is 6.43. The molecule has 0 atom stereocenters. The van der Waals surface area contributed by atoms with Crippen LogP contribution in [-0.2, 0) is 9.47 Å². The molecule has 3 amide bonds.